The van der Waals surface area contributed by atoms with E-state index in [9.17, 15) is 9.59 Å². The van der Waals surface area contributed by atoms with Crippen LogP contribution in [0, 0.1) is 13.8 Å². The molecule has 21 heavy (non-hydrogen) atoms. The molecule has 0 aliphatic carbocycles. The number of aryl methyl sites for hydroxylation is 2. The molecule has 1 heterocycles. The molecule has 1 amide bonds. The van der Waals surface area contributed by atoms with Crippen molar-refractivity contribution in [3.8, 4) is 0 Å². The van der Waals surface area contributed by atoms with Crippen LogP contribution < -0.4 is 0 Å². The number of ether oxygens (including phenoxy) is 1. The maximum Gasteiger partial charge on any atom is 0.328 e. The van der Waals surface area contributed by atoms with Crippen LogP contribution in [0.1, 0.15) is 11.1 Å². The van der Waals surface area contributed by atoms with Crippen molar-refractivity contribution in [1.82, 2.24) is 4.90 Å². The smallest absolute Gasteiger partial charge is 0.328 e. The molecule has 1 aromatic rings. The van der Waals surface area contributed by atoms with E-state index in [2.05, 4.69) is 0 Å². The molecule has 2 rings (SSSR count). The molecule has 1 N–H and O–H groups in total. The Labute approximate surface area is 128 Å². The Balaban J connectivity index is 2.00. The number of thioether (sulfide) groups is 1. The Morgan fingerprint density at radius 2 is 2.19 bits per heavy atom. The Bertz CT molecular complexity index is 546. The van der Waals surface area contributed by atoms with E-state index in [0.29, 0.717) is 13.2 Å². The second kappa shape index (κ2) is 6.95. The Morgan fingerprint density at radius 3 is 2.90 bits per heavy atom. The van der Waals surface area contributed by atoms with E-state index >= 15 is 0 Å². The highest BCUT2D eigenvalue weighted by Gasteiger charge is 2.32. The van der Waals surface area contributed by atoms with Gasteiger partial charge >= 0.3 is 5.97 Å². The average molecular weight is 309 g/mol. The lowest BCUT2D eigenvalue weighted by Gasteiger charge is -2.32. The third-order valence-electron chi connectivity index (χ3n) is 3.43. The van der Waals surface area contributed by atoms with Crippen LogP contribution in [0.4, 0.5) is 0 Å². The van der Waals surface area contributed by atoms with Gasteiger partial charge in [-0.25, -0.2) is 4.79 Å². The van der Waals surface area contributed by atoms with E-state index in [1.165, 1.54) is 16.7 Å². The lowest BCUT2D eigenvalue weighted by atomic mass is 10.2. The molecule has 1 saturated heterocycles. The minimum absolute atomic E-state index is 0.0647. The summed E-state index contributed by atoms with van der Waals surface area (Å²) in [6.45, 7) is 4.80. The maximum atomic E-state index is 12.3. The van der Waals surface area contributed by atoms with Crippen LogP contribution in [0.5, 0.6) is 0 Å². The first-order valence-corrected chi connectivity index (χ1v) is 7.77. The zero-order valence-electron chi connectivity index (χ0n) is 12.2. The van der Waals surface area contributed by atoms with Gasteiger partial charge in [-0.3, -0.25) is 4.79 Å². The summed E-state index contributed by atoms with van der Waals surface area (Å²) in [7, 11) is 0. The van der Waals surface area contributed by atoms with Gasteiger partial charge in [-0.1, -0.05) is 17.7 Å². The number of benzene rings is 1. The molecule has 6 heteroatoms. The number of hydrogen-bond acceptors (Lipinski definition) is 4. The van der Waals surface area contributed by atoms with Crippen molar-refractivity contribution in [2.45, 2.75) is 24.8 Å². The first-order chi connectivity index (χ1) is 9.99. The first kappa shape index (κ1) is 15.9. The lowest BCUT2D eigenvalue weighted by Crippen LogP contribution is -2.53. The molecule has 5 nitrogen and oxygen atoms in total. The maximum absolute atomic E-state index is 12.3. The molecule has 0 spiro atoms. The number of carboxylic acid groups (broad SMARTS) is 1. The van der Waals surface area contributed by atoms with Gasteiger partial charge in [-0.2, -0.15) is 0 Å². The average Bonchev–Trinajstić information content (AvgIpc) is 2.47. The molecule has 1 aliphatic heterocycles. The third-order valence-corrected chi connectivity index (χ3v) is 4.57. The van der Waals surface area contributed by atoms with Crippen LogP contribution in [-0.4, -0.2) is 53.4 Å². The zero-order valence-corrected chi connectivity index (χ0v) is 13.0. The van der Waals surface area contributed by atoms with Crippen molar-refractivity contribution in [2.24, 2.45) is 0 Å². The number of aliphatic carboxylic acids is 1. The molecule has 0 saturated carbocycles. The molecule has 1 aliphatic rings. The Kier molecular flexibility index (Phi) is 5.25. The largest absolute Gasteiger partial charge is 0.480 e. The molecule has 1 atom stereocenters. The number of carbonyl (C=O) groups is 2. The summed E-state index contributed by atoms with van der Waals surface area (Å²) in [5.41, 5.74) is 2.26. The minimum Gasteiger partial charge on any atom is -0.480 e. The summed E-state index contributed by atoms with van der Waals surface area (Å²) >= 11 is 1.45. The predicted octanol–water partition coefficient (Wildman–Crippen LogP) is 1.71. The van der Waals surface area contributed by atoms with Crippen LogP contribution in [0.3, 0.4) is 0 Å². The Hall–Kier alpha value is -1.53. The monoisotopic (exact) mass is 309 g/mol. The van der Waals surface area contributed by atoms with Gasteiger partial charge in [0, 0.05) is 11.4 Å². The third kappa shape index (κ3) is 3.98. The summed E-state index contributed by atoms with van der Waals surface area (Å²) < 4.78 is 5.14. The number of carboxylic acids is 1. The standard InChI is InChI=1S/C15H19NO4S/c1-10-3-4-11(2)13(7-10)21-9-14(17)16-5-6-20-8-12(16)15(18)19/h3-4,7,12H,5-6,8-9H2,1-2H3,(H,18,19). The van der Waals surface area contributed by atoms with E-state index < -0.39 is 12.0 Å². The van der Waals surface area contributed by atoms with Crippen LogP contribution in [0.2, 0.25) is 0 Å². The van der Waals surface area contributed by atoms with Crippen molar-refractivity contribution >= 4 is 23.6 Å². The first-order valence-electron chi connectivity index (χ1n) is 6.79. The van der Waals surface area contributed by atoms with Gasteiger partial charge in [-0.05, 0) is 25.5 Å². The van der Waals surface area contributed by atoms with Crippen molar-refractivity contribution in [2.75, 3.05) is 25.5 Å². The summed E-state index contributed by atoms with van der Waals surface area (Å²) in [4.78, 5) is 25.9. The molecular weight excluding hydrogens is 290 g/mol. The fraction of sp³-hybridized carbons (Fsp3) is 0.467. The van der Waals surface area contributed by atoms with Gasteiger partial charge in [0.1, 0.15) is 0 Å². The summed E-state index contributed by atoms with van der Waals surface area (Å²) in [5.74, 6) is -0.926. The highest BCUT2D eigenvalue weighted by molar-refractivity contribution is 8.00. The normalized spacial score (nSPS) is 18.6. The summed E-state index contributed by atoms with van der Waals surface area (Å²) in [6.07, 6.45) is 0. The Morgan fingerprint density at radius 1 is 1.43 bits per heavy atom. The zero-order chi connectivity index (χ0) is 15.4. The topological polar surface area (TPSA) is 66.8 Å². The van der Waals surface area contributed by atoms with Gasteiger partial charge in [0.2, 0.25) is 5.91 Å². The molecule has 1 fully saturated rings. The van der Waals surface area contributed by atoms with Crippen molar-refractivity contribution in [3.63, 3.8) is 0 Å². The predicted molar refractivity (Wildman–Crippen MR) is 80.6 cm³/mol. The van der Waals surface area contributed by atoms with E-state index in [-0.39, 0.29) is 18.3 Å². The van der Waals surface area contributed by atoms with E-state index in [0.717, 1.165) is 16.0 Å². The highest BCUT2D eigenvalue weighted by atomic mass is 32.2. The summed E-state index contributed by atoms with van der Waals surface area (Å²) in [6, 6.07) is 5.23. The number of morpholine rings is 1. The van der Waals surface area contributed by atoms with Crippen molar-refractivity contribution in [1.29, 1.82) is 0 Å². The second-order valence-electron chi connectivity index (χ2n) is 5.07. The second-order valence-corrected chi connectivity index (χ2v) is 6.09. The van der Waals surface area contributed by atoms with Crippen molar-refractivity contribution < 1.29 is 19.4 Å². The molecule has 1 aromatic carbocycles. The number of nitrogens with zero attached hydrogens (tertiary/aromatic N) is 1. The molecular formula is C15H19NO4S. The van der Waals surface area contributed by atoms with Crippen LogP contribution in [0.25, 0.3) is 0 Å². The van der Waals surface area contributed by atoms with Crippen LogP contribution in [0.15, 0.2) is 23.1 Å². The van der Waals surface area contributed by atoms with Crippen LogP contribution >= 0.6 is 11.8 Å². The van der Waals surface area contributed by atoms with E-state index in [1.54, 1.807) is 0 Å². The van der Waals surface area contributed by atoms with Gasteiger partial charge in [0.15, 0.2) is 6.04 Å². The SMILES string of the molecule is Cc1ccc(C)c(SCC(=O)N2CCOCC2C(=O)O)c1. The number of amides is 1. The number of hydrogen-bond donors (Lipinski definition) is 1. The van der Waals surface area contributed by atoms with E-state index in [4.69, 9.17) is 9.84 Å². The van der Waals surface area contributed by atoms with Gasteiger partial charge in [-0.15, -0.1) is 11.8 Å². The number of rotatable bonds is 4. The lowest BCUT2D eigenvalue weighted by molar-refractivity contribution is -0.157. The minimum atomic E-state index is -1.01. The van der Waals surface area contributed by atoms with Crippen molar-refractivity contribution in [3.05, 3.63) is 29.3 Å². The van der Waals surface area contributed by atoms with Gasteiger partial charge in [0.05, 0.1) is 19.0 Å². The fourth-order valence-corrected chi connectivity index (χ4v) is 3.20. The van der Waals surface area contributed by atoms with Gasteiger partial charge < -0.3 is 14.7 Å². The quantitative estimate of drug-likeness (QED) is 0.858. The molecule has 1 unspecified atom stereocenters. The highest BCUT2D eigenvalue weighted by Crippen LogP contribution is 2.24. The fourth-order valence-electron chi connectivity index (χ4n) is 2.19. The molecule has 0 radical (unpaired) electrons. The van der Waals surface area contributed by atoms with Crippen LogP contribution in [-0.2, 0) is 14.3 Å². The molecule has 114 valence electrons. The molecule has 0 bridgehead atoms. The molecule has 0 aromatic heterocycles. The van der Waals surface area contributed by atoms with E-state index in [1.807, 2.05) is 32.0 Å². The summed E-state index contributed by atoms with van der Waals surface area (Å²) in [5, 5.41) is 9.14. The number of carbonyl (C=O) groups excluding carboxylic acids is 1. The van der Waals surface area contributed by atoms with Gasteiger partial charge in [0.25, 0.3) is 0 Å².